The summed E-state index contributed by atoms with van der Waals surface area (Å²) in [5.74, 6) is 1.09. The molecule has 0 radical (unpaired) electrons. The van der Waals surface area contributed by atoms with E-state index in [0.29, 0.717) is 6.04 Å². The molecule has 1 aliphatic rings. The van der Waals surface area contributed by atoms with Crippen LogP contribution in [0.2, 0.25) is 5.15 Å². The quantitative estimate of drug-likeness (QED) is 0.872. The van der Waals surface area contributed by atoms with Gasteiger partial charge in [0, 0.05) is 38.1 Å². The Bertz CT molecular complexity index is 615. The standard InChI is InChI=1S/C14H20ClN5/c1-10-13(14(15)19(3)17-10)11-5-4-7-20(11)9-12-16-6-8-18(12)2/h6,8,11H,4-5,7,9H2,1-3H3/t11-/m1/s1. The third-order valence-electron chi connectivity index (χ3n) is 4.16. The zero-order chi connectivity index (χ0) is 14.3. The minimum atomic E-state index is 0.355. The van der Waals surface area contributed by atoms with Gasteiger partial charge >= 0.3 is 0 Å². The molecule has 0 amide bonds. The summed E-state index contributed by atoms with van der Waals surface area (Å²) in [4.78, 5) is 6.88. The van der Waals surface area contributed by atoms with Crippen LogP contribution in [0.4, 0.5) is 0 Å². The van der Waals surface area contributed by atoms with Crippen molar-refractivity contribution in [3.05, 3.63) is 34.6 Å². The van der Waals surface area contributed by atoms with Gasteiger partial charge in [0.05, 0.1) is 12.2 Å². The molecule has 3 heterocycles. The number of halogens is 1. The predicted octanol–water partition coefficient (Wildman–Crippen LogP) is 2.45. The monoisotopic (exact) mass is 293 g/mol. The first-order valence-electron chi connectivity index (χ1n) is 6.97. The second kappa shape index (κ2) is 5.22. The zero-order valence-corrected chi connectivity index (χ0v) is 12.9. The van der Waals surface area contributed by atoms with Crippen LogP contribution in [0.25, 0.3) is 0 Å². The maximum atomic E-state index is 6.43. The molecule has 1 saturated heterocycles. The molecule has 1 atom stereocenters. The predicted molar refractivity (Wildman–Crippen MR) is 78.5 cm³/mol. The van der Waals surface area contributed by atoms with Crippen LogP contribution >= 0.6 is 11.6 Å². The molecule has 0 saturated carbocycles. The van der Waals surface area contributed by atoms with Crippen molar-refractivity contribution in [2.75, 3.05) is 6.54 Å². The maximum absolute atomic E-state index is 6.43. The van der Waals surface area contributed by atoms with E-state index in [-0.39, 0.29) is 0 Å². The number of nitrogens with zero attached hydrogens (tertiary/aromatic N) is 5. The van der Waals surface area contributed by atoms with Crippen molar-refractivity contribution in [2.45, 2.75) is 32.4 Å². The van der Waals surface area contributed by atoms with Crippen LogP contribution in [0.15, 0.2) is 12.4 Å². The van der Waals surface area contributed by atoms with Gasteiger partial charge in [-0.3, -0.25) is 9.58 Å². The topological polar surface area (TPSA) is 38.9 Å². The van der Waals surface area contributed by atoms with Gasteiger partial charge in [0.15, 0.2) is 0 Å². The number of aryl methyl sites for hydroxylation is 3. The molecule has 1 fully saturated rings. The highest BCUT2D eigenvalue weighted by molar-refractivity contribution is 6.30. The molecule has 0 bridgehead atoms. The Morgan fingerprint density at radius 1 is 1.40 bits per heavy atom. The Morgan fingerprint density at radius 3 is 2.80 bits per heavy atom. The van der Waals surface area contributed by atoms with Gasteiger partial charge in [-0.15, -0.1) is 0 Å². The molecular weight excluding hydrogens is 274 g/mol. The summed E-state index contributed by atoms with van der Waals surface area (Å²) in [6.45, 7) is 3.99. The van der Waals surface area contributed by atoms with Crippen LogP contribution in [0.1, 0.15) is 36.0 Å². The van der Waals surface area contributed by atoms with E-state index in [2.05, 4.69) is 19.5 Å². The summed E-state index contributed by atoms with van der Waals surface area (Å²) in [5, 5.41) is 5.20. The van der Waals surface area contributed by atoms with Crippen molar-refractivity contribution in [3.8, 4) is 0 Å². The van der Waals surface area contributed by atoms with Gasteiger partial charge in [-0.2, -0.15) is 5.10 Å². The first-order chi connectivity index (χ1) is 9.58. The van der Waals surface area contributed by atoms with Crippen LogP contribution in [0.5, 0.6) is 0 Å². The average Bonchev–Trinajstić information content (AvgIpc) is 3.06. The molecule has 0 aliphatic carbocycles. The van der Waals surface area contributed by atoms with Gasteiger partial charge in [-0.25, -0.2) is 4.98 Å². The van der Waals surface area contributed by atoms with E-state index in [1.807, 2.05) is 33.4 Å². The van der Waals surface area contributed by atoms with Crippen molar-refractivity contribution >= 4 is 11.6 Å². The normalized spacial score (nSPS) is 19.9. The molecule has 20 heavy (non-hydrogen) atoms. The molecule has 2 aromatic rings. The minimum Gasteiger partial charge on any atom is -0.337 e. The third kappa shape index (κ3) is 2.25. The first-order valence-corrected chi connectivity index (χ1v) is 7.35. The third-order valence-corrected chi connectivity index (χ3v) is 4.61. The Hall–Kier alpha value is -1.33. The Morgan fingerprint density at radius 2 is 2.20 bits per heavy atom. The molecule has 6 heteroatoms. The van der Waals surface area contributed by atoms with Crippen molar-refractivity contribution in [1.82, 2.24) is 24.2 Å². The lowest BCUT2D eigenvalue weighted by molar-refractivity contribution is 0.239. The molecule has 3 rings (SSSR count). The molecule has 2 aromatic heterocycles. The molecule has 5 nitrogen and oxygen atoms in total. The summed E-state index contributed by atoms with van der Waals surface area (Å²) in [6, 6.07) is 0.355. The minimum absolute atomic E-state index is 0.355. The van der Waals surface area contributed by atoms with E-state index in [4.69, 9.17) is 11.6 Å². The van der Waals surface area contributed by atoms with Crippen LogP contribution in [-0.2, 0) is 20.6 Å². The molecule has 0 unspecified atom stereocenters. The number of aromatic nitrogens is 4. The van der Waals surface area contributed by atoms with E-state index in [1.54, 1.807) is 4.68 Å². The fourth-order valence-corrected chi connectivity index (χ4v) is 3.40. The number of hydrogen-bond acceptors (Lipinski definition) is 3. The zero-order valence-electron chi connectivity index (χ0n) is 12.2. The molecular formula is C14H20ClN5. The van der Waals surface area contributed by atoms with Crippen LogP contribution in [-0.4, -0.2) is 30.8 Å². The fraction of sp³-hybridized carbons (Fsp3) is 0.571. The number of likely N-dealkylation sites (tertiary alicyclic amines) is 1. The number of rotatable bonds is 3. The van der Waals surface area contributed by atoms with Gasteiger partial charge in [-0.1, -0.05) is 11.6 Å². The van der Waals surface area contributed by atoms with Crippen molar-refractivity contribution in [3.63, 3.8) is 0 Å². The van der Waals surface area contributed by atoms with E-state index in [1.165, 1.54) is 12.0 Å². The van der Waals surface area contributed by atoms with E-state index in [0.717, 1.165) is 36.2 Å². The molecule has 0 aromatic carbocycles. The van der Waals surface area contributed by atoms with Crippen LogP contribution in [0.3, 0.4) is 0 Å². The first kappa shape index (κ1) is 13.6. The molecule has 1 aliphatic heterocycles. The SMILES string of the molecule is Cc1nn(C)c(Cl)c1[C@H]1CCCN1Cc1nccn1C. The number of imidazole rings is 1. The van der Waals surface area contributed by atoms with Gasteiger partial charge in [-0.05, 0) is 26.3 Å². The summed E-state index contributed by atoms with van der Waals surface area (Å²) in [7, 11) is 3.94. The highest BCUT2D eigenvalue weighted by Gasteiger charge is 2.31. The van der Waals surface area contributed by atoms with Gasteiger partial charge in [0.1, 0.15) is 11.0 Å². The number of hydrogen-bond donors (Lipinski definition) is 0. The Balaban J connectivity index is 1.87. The van der Waals surface area contributed by atoms with Gasteiger partial charge < -0.3 is 4.57 Å². The smallest absolute Gasteiger partial charge is 0.131 e. The maximum Gasteiger partial charge on any atom is 0.131 e. The molecule has 0 spiro atoms. The second-order valence-electron chi connectivity index (χ2n) is 5.50. The summed E-state index contributed by atoms with van der Waals surface area (Å²) < 4.78 is 3.84. The summed E-state index contributed by atoms with van der Waals surface area (Å²) >= 11 is 6.43. The fourth-order valence-electron chi connectivity index (χ4n) is 3.10. The Kier molecular flexibility index (Phi) is 3.56. The Labute approximate surface area is 124 Å². The average molecular weight is 294 g/mol. The van der Waals surface area contributed by atoms with Gasteiger partial charge in [0.25, 0.3) is 0 Å². The van der Waals surface area contributed by atoms with Crippen LogP contribution in [0, 0.1) is 6.92 Å². The van der Waals surface area contributed by atoms with Crippen molar-refractivity contribution in [1.29, 1.82) is 0 Å². The molecule has 108 valence electrons. The summed E-state index contributed by atoms with van der Waals surface area (Å²) in [6.07, 6.45) is 6.17. The highest BCUT2D eigenvalue weighted by Crippen LogP contribution is 2.38. The van der Waals surface area contributed by atoms with Crippen molar-refractivity contribution < 1.29 is 0 Å². The van der Waals surface area contributed by atoms with E-state index in [9.17, 15) is 0 Å². The highest BCUT2D eigenvalue weighted by atomic mass is 35.5. The van der Waals surface area contributed by atoms with Crippen LogP contribution < -0.4 is 0 Å². The van der Waals surface area contributed by atoms with E-state index >= 15 is 0 Å². The van der Waals surface area contributed by atoms with E-state index < -0.39 is 0 Å². The second-order valence-corrected chi connectivity index (χ2v) is 5.85. The lowest BCUT2D eigenvalue weighted by Gasteiger charge is -2.24. The summed E-state index contributed by atoms with van der Waals surface area (Å²) in [5.41, 5.74) is 2.22. The molecule has 0 N–H and O–H groups in total. The van der Waals surface area contributed by atoms with Gasteiger partial charge in [0.2, 0.25) is 0 Å². The largest absolute Gasteiger partial charge is 0.337 e. The lowest BCUT2D eigenvalue weighted by atomic mass is 10.1. The van der Waals surface area contributed by atoms with Crippen molar-refractivity contribution in [2.24, 2.45) is 14.1 Å². The lowest BCUT2D eigenvalue weighted by Crippen LogP contribution is -2.24.